The molecule has 0 amide bonds. The van der Waals surface area contributed by atoms with Crippen LogP contribution in [0.25, 0.3) is 0 Å². The Bertz CT molecular complexity index is 674. The van der Waals surface area contributed by atoms with Crippen molar-refractivity contribution in [2.45, 2.75) is 25.4 Å². The second-order valence-corrected chi connectivity index (χ2v) is 5.84. The molecule has 2 aromatic carbocycles. The minimum Gasteiger partial charge on any atom is -0.493 e. The summed E-state index contributed by atoms with van der Waals surface area (Å²) >= 11 is 0. The van der Waals surface area contributed by atoms with Crippen LogP contribution in [0.3, 0.4) is 0 Å². The number of methoxy groups -OCH3 is 2. The number of nitrogens with zero attached hydrogens (tertiary/aromatic N) is 1. The Hall–Kier alpha value is -2.07. The van der Waals surface area contributed by atoms with E-state index in [0.717, 1.165) is 48.6 Å². The van der Waals surface area contributed by atoms with Crippen molar-refractivity contribution in [3.8, 4) is 11.5 Å². The van der Waals surface area contributed by atoms with Crippen molar-refractivity contribution in [3.63, 3.8) is 0 Å². The Labute approximate surface area is 136 Å². The molecular weight excluding hydrogens is 293 g/mol. The average Bonchev–Trinajstić information content (AvgIpc) is 3.02. The maximum atomic E-state index is 13.5. The van der Waals surface area contributed by atoms with E-state index in [-0.39, 0.29) is 11.9 Å². The fraction of sp³-hybridized carbons (Fsp3) is 0.368. The van der Waals surface area contributed by atoms with E-state index in [2.05, 4.69) is 11.0 Å². The van der Waals surface area contributed by atoms with Gasteiger partial charge < -0.3 is 9.47 Å². The molecule has 4 heteroatoms. The predicted octanol–water partition coefficient (Wildman–Crippen LogP) is 4.18. The quantitative estimate of drug-likeness (QED) is 0.826. The van der Waals surface area contributed by atoms with Gasteiger partial charge in [0.1, 0.15) is 5.82 Å². The van der Waals surface area contributed by atoms with Crippen molar-refractivity contribution < 1.29 is 13.9 Å². The lowest BCUT2D eigenvalue weighted by Crippen LogP contribution is -2.23. The Morgan fingerprint density at radius 2 is 1.96 bits per heavy atom. The summed E-state index contributed by atoms with van der Waals surface area (Å²) in [6.07, 6.45) is 2.17. The molecule has 1 aliphatic heterocycles. The van der Waals surface area contributed by atoms with Gasteiger partial charge in [-0.15, -0.1) is 0 Å². The zero-order chi connectivity index (χ0) is 16.2. The molecule has 0 unspecified atom stereocenters. The molecule has 1 fully saturated rings. The molecule has 0 bridgehead atoms. The van der Waals surface area contributed by atoms with Crippen LogP contribution in [0.1, 0.15) is 30.0 Å². The molecule has 1 heterocycles. The van der Waals surface area contributed by atoms with Crippen LogP contribution in [0, 0.1) is 5.82 Å². The highest BCUT2D eigenvalue weighted by atomic mass is 19.1. The summed E-state index contributed by atoms with van der Waals surface area (Å²) in [6, 6.07) is 13.1. The second kappa shape index (κ2) is 7.01. The maximum Gasteiger partial charge on any atom is 0.165 e. The van der Waals surface area contributed by atoms with Gasteiger partial charge in [-0.25, -0.2) is 4.39 Å². The molecule has 1 aliphatic rings. The average molecular weight is 315 g/mol. The van der Waals surface area contributed by atoms with Crippen LogP contribution >= 0.6 is 0 Å². The van der Waals surface area contributed by atoms with Gasteiger partial charge in [0.2, 0.25) is 0 Å². The van der Waals surface area contributed by atoms with E-state index >= 15 is 0 Å². The first-order valence-electron chi connectivity index (χ1n) is 7.92. The number of benzene rings is 2. The van der Waals surface area contributed by atoms with E-state index in [0.29, 0.717) is 0 Å². The lowest BCUT2D eigenvalue weighted by molar-refractivity contribution is 0.242. The van der Waals surface area contributed by atoms with E-state index in [1.807, 2.05) is 18.2 Å². The highest BCUT2D eigenvalue weighted by molar-refractivity contribution is 5.46. The molecule has 0 aromatic heterocycles. The van der Waals surface area contributed by atoms with Crippen molar-refractivity contribution in [1.82, 2.24) is 4.90 Å². The molecule has 0 saturated carbocycles. The summed E-state index contributed by atoms with van der Waals surface area (Å²) in [5, 5.41) is 0. The highest BCUT2D eigenvalue weighted by Crippen LogP contribution is 2.37. The first-order valence-corrected chi connectivity index (χ1v) is 7.92. The highest BCUT2D eigenvalue weighted by Gasteiger charge is 2.27. The first kappa shape index (κ1) is 15.8. The summed E-state index contributed by atoms with van der Waals surface area (Å²) in [5.74, 6) is 1.35. The summed E-state index contributed by atoms with van der Waals surface area (Å²) in [4.78, 5) is 2.38. The fourth-order valence-electron chi connectivity index (χ4n) is 3.40. The third-order valence-corrected chi connectivity index (χ3v) is 4.46. The summed E-state index contributed by atoms with van der Waals surface area (Å²) < 4.78 is 24.4. The topological polar surface area (TPSA) is 21.7 Å². The minimum atomic E-state index is -0.173. The van der Waals surface area contributed by atoms with Crippen molar-refractivity contribution in [1.29, 1.82) is 0 Å². The number of rotatable bonds is 5. The summed E-state index contributed by atoms with van der Waals surface area (Å²) in [7, 11) is 3.31. The van der Waals surface area contributed by atoms with Gasteiger partial charge in [-0.1, -0.05) is 24.3 Å². The first-order chi connectivity index (χ1) is 11.2. The second-order valence-electron chi connectivity index (χ2n) is 5.84. The van der Waals surface area contributed by atoms with E-state index in [1.54, 1.807) is 26.4 Å². The number of halogens is 1. The van der Waals surface area contributed by atoms with Crippen LogP contribution in [-0.2, 0) is 6.54 Å². The van der Waals surface area contributed by atoms with Crippen LogP contribution in [0.5, 0.6) is 11.5 Å². The Morgan fingerprint density at radius 3 is 2.70 bits per heavy atom. The molecule has 0 aliphatic carbocycles. The Balaban J connectivity index is 1.85. The molecule has 3 rings (SSSR count). The smallest absolute Gasteiger partial charge is 0.165 e. The van der Waals surface area contributed by atoms with Gasteiger partial charge in [-0.2, -0.15) is 0 Å². The zero-order valence-corrected chi connectivity index (χ0v) is 13.6. The number of hydrogen-bond acceptors (Lipinski definition) is 3. The van der Waals surface area contributed by atoms with Crippen molar-refractivity contribution in [2.24, 2.45) is 0 Å². The molecule has 3 nitrogen and oxygen atoms in total. The van der Waals surface area contributed by atoms with Crippen LogP contribution in [0.2, 0.25) is 0 Å². The third kappa shape index (κ3) is 3.32. The monoisotopic (exact) mass is 315 g/mol. The standard InChI is InChI=1S/C19H22FNO2/c1-22-18-10-4-7-15(19(18)23-2)13-21-11-5-9-17(21)14-6-3-8-16(20)12-14/h3-4,6-8,10,12,17H,5,9,11,13H2,1-2H3/t17-/m0/s1. The van der Waals surface area contributed by atoms with Crippen LogP contribution in [0.15, 0.2) is 42.5 Å². The molecular formula is C19H22FNO2. The summed E-state index contributed by atoms with van der Waals surface area (Å²) in [6.45, 7) is 1.77. The fourth-order valence-corrected chi connectivity index (χ4v) is 3.40. The zero-order valence-electron chi connectivity index (χ0n) is 13.6. The van der Waals surface area contributed by atoms with Crippen LogP contribution < -0.4 is 9.47 Å². The van der Waals surface area contributed by atoms with E-state index in [9.17, 15) is 4.39 Å². The molecule has 0 radical (unpaired) electrons. The molecule has 1 saturated heterocycles. The Kier molecular flexibility index (Phi) is 4.82. The van der Waals surface area contributed by atoms with Gasteiger partial charge in [0.15, 0.2) is 11.5 Å². The summed E-state index contributed by atoms with van der Waals surface area (Å²) in [5.41, 5.74) is 2.14. The number of likely N-dealkylation sites (tertiary alicyclic amines) is 1. The number of ether oxygens (including phenoxy) is 2. The maximum absolute atomic E-state index is 13.5. The molecule has 2 aromatic rings. The van der Waals surface area contributed by atoms with Gasteiger partial charge in [0.25, 0.3) is 0 Å². The number of hydrogen-bond donors (Lipinski definition) is 0. The molecule has 122 valence electrons. The SMILES string of the molecule is COc1cccc(CN2CCC[C@H]2c2cccc(F)c2)c1OC. The molecule has 1 atom stereocenters. The van der Waals surface area contributed by atoms with Crippen LogP contribution in [-0.4, -0.2) is 25.7 Å². The van der Waals surface area contributed by atoms with E-state index < -0.39 is 0 Å². The van der Waals surface area contributed by atoms with Gasteiger partial charge in [0, 0.05) is 18.2 Å². The van der Waals surface area contributed by atoms with E-state index in [4.69, 9.17) is 9.47 Å². The van der Waals surface area contributed by atoms with Gasteiger partial charge in [-0.05, 0) is 43.1 Å². The predicted molar refractivity (Wildman–Crippen MR) is 88.3 cm³/mol. The molecule has 0 spiro atoms. The molecule has 0 N–H and O–H groups in total. The van der Waals surface area contributed by atoms with E-state index in [1.165, 1.54) is 6.07 Å². The van der Waals surface area contributed by atoms with Crippen molar-refractivity contribution in [2.75, 3.05) is 20.8 Å². The van der Waals surface area contributed by atoms with Gasteiger partial charge in [0.05, 0.1) is 14.2 Å². The van der Waals surface area contributed by atoms with Crippen molar-refractivity contribution in [3.05, 3.63) is 59.4 Å². The minimum absolute atomic E-state index is 0.173. The normalized spacial score (nSPS) is 18.1. The third-order valence-electron chi connectivity index (χ3n) is 4.46. The molecule has 23 heavy (non-hydrogen) atoms. The van der Waals surface area contributed by atoms with Gasteiger partial charge in [-0.3, -0.25) is 4.90 Å². The lowest BCUT2D eigenvalue weighted by Gasteiger charge is -2.26. The largest absolute Gasteiger partial charge is 0.493 e. The van der Waals surface area contributed by atoms with Crippen molar-refractivity contribution >= 4 is 0 Å². The van der Waals surface area contributed by atoms with Gasteiger partial charge >= 0.3 is 0 Å². The van der Waals surface area contributed by atoms with Crippen LogP contribution in [0.4, 0.5) is 4.39 Å². The lowest BCUT2D eigenvalue weighted by atomic mass is 10.0. The number of para-hydroxylation sites is 1. The Morgan fingerprint density at radius 1 is 1.13 bits per heavy atom.